The second kappa shape index (κ2) is 4.84. The van der Waals surface area contributed by atoms with Crippen LogP contribution in [-0.2, 0) is 0 Å². The zero-order valence-corrected chi connectivity index (χ0v) is 12.0. The van der Waals surface area contributed by atoms with E-state index in [0.717, 1.165) is 54.8 Å². The summed E-state index contributed by atoms with van der Waals surface area (Å²) in [5.41, 5.74) is 2.05. The van der Waals surface area contributed by atoms with E-state index >= 15 is 0 Å². The Kier molecular flexibility index (Phi) is 2.84. The minimum atomic E-state index is 0.864. The first-order valence-electron chi connectivity index (χ1n) is 7.42. The van der Waals surface area contributed by atoms with E-state index in [-0.39, 0.29) is 0 Å². The molecule has 106 valence electrons. The van der Waals surface area contributed by atoms with Gasteiger partial charge in [-0.25, -0.2) is 4.99 Å². The van der Waals surface area contributed by atoms with Crippen molar-refractivity contribution in [2.75, 3.05) is 13.1 Å². The Hall–Kier alpha value is -2.43. The van der Waals surface area contributed by atoms with Crippen molar-refractivity contribution in [3.05, 3.63) is 36.4 Å². The van der Waals surface area contributed by atoms with Gasteiger partial charge in [0.2, 0.25) is 5.96 Å². The average Bonchev–Trinajstić information content (AvgIpc) is 2.99. The molecule has 0 radical (unpaired) electrons. The van der Waals surface area contributed by atoms with Gasteiger partial charge in [-0.15, -0.1) is 0 Å². The third kappa shape index (κ3) is 1.96. The van der Waals surface area contributed by atoms with E-state index in [0.29, 0.717) is 0 Å². The average molecular weight is 279 g/mol. The van der Waals surface area contributed by atoms with Crippen LogP contribution in [0.25, 0.3) is 11.3 Å². The third-order valence-electron chi connectivity index (χ3n) is 3.86. The number of rotatable bonds is 2. The molecular weight excluding hydrogens is 262 g/mol. The number of amidine groups is 1. The molecule has 2 aliphatic rings. The predicted molar refractivity (Wildman–Crippen MR) is 84.1 cm³/mol. The van der Waals surface area contributed by atoms with Crippen LogP contribution in [0.1, 0.15) is 19.8 Å². The molecule has 0 fully saturated rings. The minimum Gasteiger partial charge on any atom is -0.298 e. The summed E-state index contributed by atoms with van der Waals surface area (Å²) in [7, 11) is 0. The van der Waals surface area contributed by atoms with E-state index in [1.165, 1.54) is 0 Å². The molecule has 21 heavy (non-hydrogen) atoms. The lowest BCUT2D eigenvalue weighted by atomic mass is 10.1. The zero-order chi connectivity index (χ0) is 14.2. The van der Waals surface area contributed by atoms with Crippen molar-refractivity contribution in [3.63, 3.8) is 0 Å². The van der Waals surface area contributed by atoms with Gasteiger partial charge < -0.3 is 0 Å². The third-order valence-corrected chi connectivity index (χ3v) is 3.86. The van der Waals surface area contributed by atoms with Crippen LogP contribution in [-0.4, -0.2) is 39.6 Å². The summed E-state index contributed by atoms with van der Waals surface area (Å²) in [6.45, 7) is 3.98. The quantitative estimate of drug-likeness (QED) is 0.848. The molecule has 0 bridgehead atoms. The Balaban J connectivity index is 1.85. The zero-order valence-electron chi connectivity index (χ0n) is 12.0. The fourth-order valence-corrected chi connectivity index (χ4v) is 2.83. The number of nitrogens with zero attached hydrogens (tertiary/aromatic N) is 5. The predicted octanol–water partition coefficient (Wildman–Crippen LogP) is 2.91. The highest BCUT2D eigenvalue weighted by Crippen LogP contribution is 2.28. The molecular formula is C16H17N5. The topological polar surface area (TPSA) is 45.8 Å². The lowest BCUT2D eigenvalue weighted by Crippen LogP contribution is -2.46. The molecule has 4 rings (SSSR count). The van der Waals surface area contributed by atoms with Crippen molar-refractivity contribution in [2.24, 2.45) is 9.98 Å². The van der Waals surface area contributed by atoms with Crippen LogP contribution in [0.3, 0.4) is 0 Å². The summed E-state index contributed by atoms with van der Waals surface area (Å²) in [6, 6.07) is 12.2. The molecule has 0 aliphatic carbocycles. The van der Waals surface area contributed by atoms with E-state index in [1.54, 1.807) is 0 Å². The highest BCUT2D eigenvalue weighted by Gasteiger charge is 2.28. The lowest BCUT2D eigenvalue weighted by Gasteiger charge is -2.32. The molecule has 0 N–H and O–H groups in total. The molecule has 1 aromatic heterocycles. The van der Waals surface area contributed by atoms with Gasteiger partial charge in [0, 0.05) is 31.1 Å². The van der Waals surface area contributed by atoms with E-state index in [9.17, 15) is 0 Å². The second-order valence-corrected chi connectivity index (χ2v) is 5.23. The van der Waals surface area contributed by atoms with Gasteiger partial charge in [-0.1, -0.05) is 37.3 Å². The Morgan fingerprint density at radius 3 is 2.86 bits per heavy atom. The van der Waals surface area contributed by atoms with Gasteiger partial charge in [-0.3, -0.25) is 9.89 Å². The standard InChI is InChI=1S/C16H17N5/c1-2-14-18-15-11-13(12-7-4-3-5-8-12)19-21(15)16-17-9-6-10-20(14)16/h3-5,7-8,11H,2,6,9-10H2,1H3. The monoisotopic (exact) mass is 279 g/mol. The lowest BCUT2D eigenvalue weighted by molar-refractivity contribution is 0.505. The van der Waals surface area contributed by atoms with Gasteiger partial charge >= 0.3 is 0 Å². The number of benzene rings is 1. The highest BCUT2D eigenvalue weighted by atomic mass is 15.5. The van der Waals surface area contributed by atoms with Gasteiger partial charge in [0.05, 0.1) is 5.69 Å². The van der Waals surface area contributed by atoms with Crippen LogP contribution in [0.5, 0.6) is 0 Å². The van der Waals surface area contributed by atoms with E-state index in [2.05, 4.69) is 28.9 Å². The number of aliphatic imine (C=N–C) groups is 2. The van der Waals surface area contributed by atoms with Gasteiger partial charge in [0.1, 0.15) is 5.84 Å². The maximum atomic E-state index is 4.76. The Bertz CT molecular complexity index is 726. The van der Waals surface area contributed by atoms with Crippen molar-refractivity contribution in [1.82, 2.24) is 14.7 Å². The van der Waals surface area contributed by atoms with Crippen LogP contribution in [0.4, 0.5) is 5.82 Å². The molecule has 5 heteroatoms. The van der Waals surface area contributed by atoms with Gasteiger partial charge in [-0.05, 0) is 6.42 Å². The molecule has 0 saturated heterocycles. The number of hydrogen-bond donors (Lipinski definition) is 0. The molecule has 0 saturated carbocycles. The normalized spacial score (nSPS) is 16.9. The first-order valence-corrected chi connectivity index (χ1v) is 7.42. The summed E-state index contributed by atoms with van der Waals surface area (Å²) in [5, 5.41) is 4.71. The largest absolute Gasteiger partial charge is 0.298 e. The SMILES string of the molecule is CCC1=Nc2cc(-c3ccccc3)nn2C2=NCCCN12. The Morgan fingerprint density at radius 2 is 2.05 bits per heavy atom. The summed E-state index contributed by atoms with van der Waals surface area (Å²) in [6.07, 6.45) is 1.98. The smallest absolute Gasteiger partial charge is 0.229 e. The molecule has 0 unspecified atom stereocenters. The maximum absolute atomic E-state index is 4.76. The summed E-state index contributed by atoms with van der Waals surface area (Å²) in [4.78, 5) is 11.6. The summed E-state index contributed by atoms with van der Waals surface area (Å²) >= 11 is 0. The Labute approximate surface area is 123 Å². The first kappa shape index (κ1) is 12.3. The molecule has 5 nitrogen and oxygen atoms in total. The summed E-state index contributed by atoms with van der Waals surface area (Å²) < 4.78 is 1.88. The van der Waals surface area contributed by atoms with Crippen LogP contribution in [0, 0.1) is 0 Å². The maximum Gasteiger partial charge on any atom is 0.229 e. The van der Waals surface area contributed by atoms with Crippen molar-refractivity contribution >= 4 is 17.6 Å². The fraction of sp³-hybridized carbons (Fsp3) is 0.312. The van der Waals surface area contributed by atoms with E-state index < -0.39 is 0 Å². The second-order valence-electron chi connectivity index (χ2n) is 5.23. The highest BCUT2D eigenvalue weighted by molar-refractivity contribution is 6.05. The minimum absolute atomic E-state index is 0.864. The van der Waals surface area contributed by atoms with Crippen molar-refractivity contribution in [3.8, 4) is 11.3 Å². The summed E-state index contributed by atoms with van der Waals surface area (Å²) in [5.74, 6) is 2.88. The van der Waals surface area contributed by atoms with Crippen LogP contribution in [0.2, 0.25) is 0 Å². The molecule has 2 aromatic rings. The van der Waals surface area contributed by atoms with Crippen LogP contribution < -0.4 is 0 Å². The van der Waals surface area contributed by atoms with Crippen LogP contribution in [0.15, 0.2) is 46.4 Å². The first-order chi connectivity index (χ1) is 10.4. The van der Waals surface area contributed by atoms with Crippen LogP contribution >= 0.6 is 0 Å². The molecule has 0 spiro atoms. The van der Waals surface area contributed by atoms with E-state index in [1.807, 2.05) is 28.9 Å². The molecule has 2 aliphatic heterocycles. The van der Waals surface area contributed by atoms with Gasteiger partial charge in [0.25, 0.3) is 0 Å². The van der Waals surface area contributed by atoms with E-state index in [4.69, 9.17) is 10.1 Å². The number of fused-ring (bicyclic) bond motifs is 3. The molecule has 0 atom stereocenters. The van der Waals surface area contributed by atoms with Crippen molar-refractivity contribution < 1.29 is 0 Å². The molecule has 3 heterocycles. The fourth-order valence-electron chi connectivity index (χ4n) is 2.83. The Morgan fingerprint density at radius 1 is 1.19 bits per heavy atom. The van der Waals surface area contributed by atoms with Gasteiger partial charge in [0.15, 0.2) is 5.82 Å². The van der Waals surface area contributed by atoms with Crippen molar-refractivity contribution in [2.45, 2.75) is 19.8 Å². The number of hydrogen-bond acceptors (Lipinski definition) is 4. The van der Waals surface area contributed by atoms with Gasteiger partial charge in [-0.2, -0.15) is 9.78 Å². The van der Waals surface area contributed by atoms with Crippen molar-refractivity contribution in [1.29, 1.82) is 0 Å². The number of aromatic nitrogens is 2. The molecule has 1 aromatic carbocycles. The molecule has 0 amide bonds.